The quantitative estimate of drug-likeness (QED) is 0.604. The number of hydrogen-bond acceptors (Lipinski definition) is 5. The molecule has 84 valence electrons. The highest BCUT2D eigenvalue weighted by Crippen LogP contribution is 2.16. The lowest BCUT2D eigenvalue weighted by Crippen LogP contribution is -2.49. The summed E-state index contributed by atoms with van der Waals surface area (Å²) in [4.78, 5) is 32.0. The van der Waals surface area contributed by atoms with Crippen molar-refractivity contribution in [2.24, 2.45) is 0 Å². The van der Waals surface area contributed by atoms with Crippen molar-refractivity contribution in [3.05, 3.63) is 12.4 Å². The van der Waals surface area contributed by atoms with Crippen LogP contribution in [0.3, 0.4) is 0 Å². The lowest BCUT2D eigenvalue weighted by molar-refractivity contribution is -0.120. The molecule has 1 aromatic rings. The number of nitrogens with one attached hydrogen (secondary N) is 1. The molecule has 2 heterocycles. The highest BCUT2D eigenvalue weighted by molar-refractivity contribution is 7.98. The standard InChI is InChI=1S/C9H10N4O2S/c1-16-8-10-4-6(5-11-8)13-3-2-7(14)12-9(13)15/h4-5H,2-3H2,1H3,(H,12,14,15). The predicted octanol–water partition coefficient (Wildman–Crippen LogP) is 0.645. The van der Waals surface area contributed by atoms with Crippen LogP contribution in [0, 0.1) is 0 Å². The Hall–Kier alpha value is -1.63. The van der Waals surface area contributed by atoms with E-state index in [0.717, 1.165) is 0 Å². The van der Waals surface area contributed by atoms with E-state index in [1.54, 1.807) is 12.4 Å². The number of amides is 3. The van der Waals surface area contributed by atoms with E-state index in [0.29, 0.717) is 23.8 Å². The monoisotopic (exact) mass is 238 g/mol. The smallest absolute Gasteiger partial charge is 0.291 e. The van der Waals surface area contributed by atoms with Gasteiger partial charge < -0.3 is 0 Å². The van der Waals surface area contributed by atoms with Crippen molar-refractivity contribution >= 4 is 29.4 Å². The molecule has 7 heteroatoms. The lowest BCUT2D eigenvalue weighted by atomic mass is 10.3. The van der Waals surface area contributed by atoms with Gasteiger partial charge in [0.15, 0.2) is 5.16 Å². The Bertz CT molecular complexity index is 420. The molecule has 1 aliphatic rings. The molecule has 1 aromatic heterocycles. The second-order valence-electron chi connectivity index (χ2n) is 3.18. The number of carbonyl (C=O) groups excluding carboxylic acids is 2. The van der Waals surface area contributed by atoms with Crippen LogP contribution in [-0.4, -0.2) is 34.7 Å². The van der Waals surface area contributed by atoms with Gasteiger partial charge in [-0.05, 0) is 6.26 Å². The summed E-state index contributed by atoms with van der Waals surface area (Å²) in [6.45, 7) is 0.368. The molecule has 0 bridgehead atoms. The largest absolute Gasteiger partial charge is 0.328 e. The summed E-state index contributed by atoms with van der Waals surface area (Å²) < 4.78 is 0. The summed E-state index contributed by atoms with van der Waals surface area (Å²) in [6.07, 6.45) is 5.33. The van der Waals surface area contributed by atoms with E-state index in [2.05, 4.69) is 15.3 Å². The second-order valence-corrected chi connectivity index (χ2v) is 3.96. The first-order valence-corrected chi connectivity index (χ1v) is 5.90. The molecule has 6 nitrogen and oxygen atoms in total. The van der Waals surface area contributed by atoms with Crippen molar-refractivity contribution in [2.75, 3.05) is 17.7 Å². The molecule has 0 unspecified atom stereocenters. The molecule has 0 aromatic carbocycles. The summed E-state index contributed by atoms with van der Waals surface area (Å²) in [5, 5.41) is 2.89. The van der Waals surface area contributed by atoms with Crippen molar-refractivity contribution in [1.82, 2.24) is 15.3 Å². The van der Waals surface area contributed by atoms with E-state index in [1.807, 2.05) is 6.26 Å². The Labute approximate surface area is 96.4 Å². The molecule has 1 aliphatic heterocycles. The third kappa shape index (κ3) is 2.13. The summed E-state index contributed by atoms with van der Waals surface area (Å²) in [7, 11) is 0. The van der Waals surface area contributed by atoms with Crippen molar-refractivity contribution in [3.8, 4) is 0 Å². The van der Waals surface area contributed by atoms with Crippen LogP contribution in [0.25, 0.3) is 0 Å². The number of rotatable bonds is 2. The fraction of sp³-hybridized carbons (Fsp3) is 0.333. The summed E-state index contributed by atoms with van der Waals surface area (Å²) >= 11 is 1.43. The van der Waals surface area contributed by atoms with E-state index in [1.165, 1.54) is 16.7 Å². The topological polar surface area (TPSA) is 75.2 Å². The Kier molecular flexibility index (Phi) is 3.04. The molecule has 1 fully saturated rings. The molecule has 16 heavy (non-hydrogen) atoms. The maximum atomic E-state index is 11.5. The van der Waals surface area contributed by atoms with Gasteiger partial charge in [0.05, 0.1) is 18.1 Å². The van der Waals surface area contributed by atoms with E-state index >= 15 is 0 Å². The minimum Gasteiger partial charge on any atom is -0.291 e. The summed E-state index contributed by atoms with van der Waals surface area (Å²) in [6, 6.07) is -0.420. The molecule has 0 spiro atoms. The van der Waals surface area contributed by atoms with Crippen LogP contribution < -0.4 is 10.2 Å². The van der Waals surface area contributed by atoms with Crippen LogP contribution in [0.15, 0.2) is 17.6 Å². The molecular weight excluding hydrogens is 228 g/mol. The van der Waals surface area contributed by atoms with Crippen LogP contribution >= 0.6 is 11.8 Å². The van der Waals surface area contributed by atoms with Crippen molar-refractivity contribution in [3.63, 3.8) is 0 Å². The maximum Gasteiger partial charge on any atom is 0.328 e. The van der Waals surface area contributed by atoms with Crippen LogP contribution in [-0.2, 0) is 4.79 Å². The molecule has 1 saturated heterocycles. The van der Waals surface area contributed by atoms with Gasteiger partial charge >= 0.3 is 6.03 Å². The molecule has 0 atom stereocenters. The highest BCUT2D eigenvalue weighted by atomic mass is 32.2. The number of carbonyl (C=O) groups is 2. The molecule has 1 N–H and O–H groups in total. The summed E-state index contributed by atoms with van der Waals surface area (Å²) in [5.41, 5.74) is 0.600. The van der Waals surface area contributed by atoms with Gasteiger partial charge in [0.1, 0.15) is 0 Å². The zero-order valence-corrected chi connectivity index (χ0v) is 9.45. The third-order valence-electron chi connectivity index (χ3n) is 2.16. The van der Waals surface area contributed by atoms with Crippen LogP contribution in [0.4, 0.5) is 10.5 Å². The number of urea groups is 1. The van der Waals surface area contributed by atoms with Crippen LogP contribution in [0.1, 0.15) is 6.42 Å². The number of thioether (sulfide) groups is 1. The minimum absolute atomic E-state index is 0.247. The van der Waals surface area contributed by atoms with Crippen molar-refractivity contribution in [2.45, 2.75) is 11.6 Å². The highest BCUT2D eigenvalue weighted by Gasteiger charge is 2.24. The molecule has 0 aliphatic carbocycles. The third-order valence-corrected chi connectivity index (χ3v) is 2.74. The number of imide groups is 1. The lowest BCUT2D eigenvalue weighted by Gasteiger charge is -2.25. The number of nitrogens with zero attached hydrogens (tertiary/aromatic N) is 3. The van der Waals surface area contributed by atoms with Gasteiger partial charge in [-0.2, -0.15) is 0 Å². The predicted molar refractivity (Wildman–Crippen MR) is 59.3 cm³/mol. The molecule has 0 saturated carbocycles. The van der Waals surface area contributed by atoms with E-state index in [9.17, 15) is 9.59 Å². The molecular formula is C9H10N4O2S. The molecule has 3 amide bonds. The summed E-state index contributed by atoms with van der Waals surface area (Å²) in [5.74, 6) is -0.247. The van der Waals surface area contributed by atoms with E-state index in [-0.39, 0.29) is 5.91 Å². The first-order chi connectivity index (χ1) is 7.70. The Morgan fingerprint density at radius 1 is 1.38 bits per heavy atom. The SMILES string of the molecule is CSc1ncc(N2CCC(=O)NC2=O)cn1. The number of anilines is 1. The second kappa shape index (κ2) is 4.48. The van der Waals surface area contributed by atoms with E-state index in [4.69, 9.17) is 0 Å². The van der Waals surface area contributed by atoms with Crippen LogP contribution in [0.2, 0.25) is 0 Å². The average Bonchev–Trinajstić information content (AvgIpc) is 2.29. The zero-order chi connectivity index (χ0) is 11.5. The fourth-order valence-corrected chi connectivity index (χ4v) is 1.68. The molecule has 0 radical (unpaired) electrons. The van der Waals surface area contributed by atoms with Gasteiger partial charge in [-0.25, -0.2) is 14.8 Å². The normalized spacial score (nSPS) is 16.2. The van der Waals surface area contributed by atoms with Crippen LogP contribution in [0.5, 0.6) is 0 Å². The fourth-order valence-electron chi connectivity index (χ4n) is 1.36. The maximum absolute atomic E-state index is 11.5. The van der Waals surface area contributed by atoms with Gasteiger partial charge in [-0.3, -0.25) is 15.0 Å². The van der Waals surface area contributed by atoms with Gasteiger partial charge in [-0.1, -0.05) is 11.8 Å². The zero-order valence-electron chi connectivity index (χ0n) is 8.64. The first kappa shape index (κ1) is 10.9. The van der Waals surface area contributed by atoms with Gasteiger partial charge in [0.25, 0.3) is 0 Å². The first-order valence-electron chi connectivity index (χ1n) is 4.68. The Morgan fingerprint density at radius 3 is 2.62 bits per heavy atom. The van der Waals surface area contributed by atoms with Gasteiger partial charge in [-0.15, -0.1) is 0 Å². The Balaban J connectivity index is 2.17. The average molecular weight is 238 g/mol. The minimum atomic E-state index is -0.420. The van der Waals surface area contributed by atoms with E-state index < -0.39 is 6.03 Å². The number of hydrogen-bond donors (Lipinski definition) is 1. The molecule has 2 rings (SSSR count). The van der Waals surface area contributed by atoms with Crippen molar-refractivity contribution < 1.29 is 9.59 Å². The van der Waals surface area contributed by atoms with Crippen molar-refractivity contribution in [1.29, 1.82) is 0 Å². The number of aromatic nitrogens is 2. The Morgan fingerprint density at radius 2 is 2.06 bits per heavy atom. The van der Waals surface area contributed by atoms with Gasteiger partial charge in [0, 0.05) is 13.0 Å². The van der Waals surface area contributed by atoms with Gasteiger partial charge in [0.2, 0.25) is 5.91 Å².